The average Bonchev–Trinajstić information content (AvgIpc) is 2.80. The first-order valence-corrected chi connectivity index (χ1v) is 9.57. The Morgan fingerprint density at radius 2 is 1.83 bits per heavy atom. The lowest BCUT2D eigenvalue weighted by Gasteiger charge is -2.09. The number of amides is 1. The molecule has 0 atom stereocenters. The van der Waals surface area contributed by atoms with Crippen molar-refractivity contribution in [2.75, 3.05) is 24.3 Å². The summed E-state index contributed by atoms with van der Waals surface area (Å²) in [5.74, 6) is 1.12. The number of hydrogen-bond donors (Lipinski definition) is 2. The minimum absolute atomic E-state index is 0.282. The number of ether oxygens (including phenoxy) is 1. The molecule has 0 fully saturated rings. The first kappa shape index (κ1) is 19.3. The summed E-state index contributed by atoms with van der Waals surface area (Å²) in [7, 11) is 1.65. The van der Waals surface area contributed by atoms with Crippen LogP contribution in [-0.4, -0.2) is 34.5 Å². The number of methoxy groups -OCH3 is 1. The lowest BCUT2D eigenvalue weighted by molar-refractivity contribution is 0.102. The molecule has 0 saturated carbocycles. The highest BCUT2D eigenvalue weighted by atomic mass is 16.5. The van der Waals surface area contributed by atoms with Gasteiger partial charge in [0.25, 0.3) is 5.91 Å². The van der Waals surface area contributed by atoms with Crippen LogP contribution in [0, 0.1) is 0 Å². The molecule has 7 heteroatoms. The van der Waals surface area contributed by atoms with Gasteiger partial charge in [-0.1, -0.05) is 30.3 Å². The second-order valence-electron chi connectivity index (χ2n) is 6.65. The van der Waals surface area contributed by atoms with Gasteiger partial charge in [-0.15, -0.1) is 0 Å². The van der Waals surface area contributed by atoms with Crippen LogP contribution in [0.2, 0.25) is 0 Å². The van der Waals surface area contributed by atoms with Crippen LogP contribution >= 0.6 is 0 Å². The standard InChI is InChI=1S/C23H21N5O2/c1-30-18-9-7-16(8-10-18)11-13-24-21-14-20(26-15-27-21)23(29)28-19-6-2-4-17-5-3-12-25-22(17)19/h2-10,12,14-15H,11,13H2,1H3,(H,28,29)(H,24,26,27). The predicted octanol–water partition coefficient (Wildman–Crippen LogP) is 3.94. The van der Waals surface area contributed by atoms with Crippen LogP contribution in [-0.2, 0) is 6.42 Å². The number of benzene rings is 2. The molecule has 30 heavy (non-hydrogen) atoms. The van der Waals surface area contributed by atoms with E-state index in [0.29, 0.717) is 18.1 Å². The largest absolute Gasteiger partial charge is 0.497 e. The van der Waals surface area contributed by atoms with Gasteiger partial charge in [0.2, 0.25) is 0 Å². The fourth-order valence-electron chi connectivity index (χ4n) is 3.10. The summed E-state index contributed by atoms with van der Waals surface area (Å²) in [6, 6.07) is 19.0. The van der Waals surface area contributed by atoms with Gasteiger partial charge in [0.1, 0.15) is 23.6 Å². The van der Waals surface area contributed by atoms with Gasteiger partial charge >= 0.3 is 0 Å². The van der Waals surface area contributed by atoms with Gasteiger partial charge in [-0.25, -0.2) is 9.97 Å². The number of fused-ring (bicyclic) bond motifs is 1. The molecule has 0 aliphatic rings. The molecule has 2 aromatic carbocycles. The summed E-state index contributed by atoms with van der Waals surface area (Å²) in [4.78, 5) is 25.4. The normalized spacial score (nSPS) is 10.6. The summed E-state index contributed by atoms with van der Waals surface area (Å²) in [6.45, 7) is 0.678. The van der Waals surface area contributed by atoms with Crippen LogP contribution in [0.15, 0.2) is 73.2 Å². The van der Waals surface area contributed by atoms with E-state index in [0.717, 1.165) is 23.1 Å². The molecule has 4 aromatic rings. The zero-order valence-electron chi connectivity index (χ0n) is 16.5. The Morgan fingerprint density at radius 1 is 1.00 bits per heavy atom. The molecule has 7 nitrogen and oxygen atoms in total. The second kappa shape index (κ2) is 9.00. The third kappa shape index (κ3) is 4.52. The number of pyridine rings is 1. The molecule has 2 N–H and O–H groups in total. The topological polar surface area (TPSA) is 89.0 Å². The van der Waals surface area contributed by atoms with Crippen molar-refractivity contribution in [1.82, 2.24) is 15.0 Å². The smallest absolute Gasteiger partial charge is 0.274 e. The van der Waals surface area contributed by atoms with Gasteiger partial charge < -0.3 is 15.4 Å². The molecule has 0 aliphatic carbocycles. The molecule has 1 amide bonds. The molecule has 0 aliphatic heterocycles. The highest BCUT2D eigenvalue weighted by molar-refractivity contribution is 6.07. The molecule has 4 rings (SSSR count). The van der Waals surface area contributed by atoms with Gasteiger partial charge in [-0.2, -0.15) is 0 Å². The Balaban J connectivity index is 1.40. The lowest BCUT2D eigenvalue weighted by atomic mass is 10.1. The van der Waals surface area contributed by atoms with E-state index in [-0.39, 0.29) is 11.6 Å². The number of rotatable bonds is 7. The third-order valence-electron chi connectivity index (χ3n) is 4.66. The van der Waals surface area contributed by atoms with E-state index in [1.54, 1.807) is 19.4 Å². The van der Waals surface area contributed by atoms with Crippen molar-refractivity contribution >= 4 is 28.3 Å². The molecule has 2 heterocycles. The molecule has 0 radical (unpaired) electrons. The molecule has 0 saturated heterocycles. The van der Waals surface area contributed by atoms with E-state index >= 15 is 0 Å². The van der Waals surface area contributed by atoms with E-state index in [1.807, 2.05) is 54.6 Å². The van der Waals surface area contributed by atoms with Crippen LogP contribution < -0.4 is 15.4 Å². The fourth-order valence-corrected chi connectivity index (χ4v) is 3.10. The predicted molar refractivity (Wildman–Crippen MR) is 117 cm³/mol. The molecule has 150 valence electrons. The number of para-hydroxylation sites is 1. The average molecular weight is 399 g/mol. The van der Waals surface area contributed by atoms with Crippen molar-refractivity contribution in [2.24, 2.45) is 0 Å². The van der Waals surface area contributed by atoms with Crippen LogP contribution in [0.25, 0.3) is 10.9 Å². The van der Waals surface area contributed by atoms with Gasteiger partial charge in [0.15, 0.2) is 0 Å². The molecular weight excluding hydrogens is 378 g/mol. The number of anilines is 2. The molecule has 0 spiro atoms. The maximum atomic E-state index is 12.7. The monoisotopic (exact) mass is 399 g/mol. The summed E-state index contributed by atoms with van der Waals surface area (Å²) < 4.78 is 5.17. The zero-order chi connectivity index (χ0) is 20.8. The number of hydrogen-bond acceptors (Lipinski definition) is 6. The van der Waals surface area contributed by atoms with Crippen molar-refractivity contribution in [1.29, 1.82) is 0 Å². The van der Waals surface area contributed by atoms with E-state index in [2.05, 4.69) is 25.6 Å². The quantitative estimate of drug-likeness (QED) is 0.489. The van der Waals surface area contributed by atoms with Crippen molar-refractivity contribution in [3.63, 3.8) is 0 Å². The van der Waals surface area contributed by atoms with E-state index in [1.165, 1.54) is 11.9 Å². The van der Waals surface area contributed by atoms with Crippen LogP contribution in [0.5, 0.6) is 5.75 Å². The highest BCUT2D eigenvalue weighted by Crippen LogP contribution is 2.21. The minimum Gasteiger partial charge on any atom is -0.497 e. The Kier molecular flexibility index (Phi) is 5.80. The second-order valence-corrected chi connectivity index (χ2v) is 6.65. The van der Waals surface area contributed by atoms with E-state index in [4.69, 9.17) is 4.74 Å². The molecule has 0 bridgehead atoms. The van der Waals surface area contributed by atoms with Gasteiger partial charge in [-0.05, 0) is 36.2 Å². The number of nitrogens with zero attached hydrogens (tertiary/aromatic N) is 3. The Bertz CT molecular complexity index is 1160. The number of nitrogens with one attached hydrogen (secondary N) is 2. The van der Waals surface area contributed by atoms with E-state index < -0.39 is 0 Å². The number of carbonyl (C=O) groups excluding carboxylic acids is 1. The van der Waals surface area contributed by atoms with Gasteiger partial charge in [0, 0.05) is 24.2 Å². The first-order chi connectivity index (χ1) is 14.7. The lowest BCUT2D eigenvalue weighted by Crippen LogP contribution is -2.15. The summed E-state index contributed by atoms with van der Waals surface area (Å²) in [6.07, 6.45) is 3.90. The Morgan fingerprint density at radius 3 is 2.67 bits per heavy atom. The maximum absolute atomic E-state index is 12.7. The molecular formula is C23H21N5O2. The van der Waals surface area contributed by atoms with Crippen molar-refractivity contribution < 1.29 is 9.53 Å². The third-order valence-corrected chi connectivity index (χ3v) is 4.66. The summed E-state index contributed by atoms with van der Waals surface area (Å²) in [5.41, 5.74) is 2.84. The van der Waals surface area contributed by atoms with E-state index in [9.17, 15) is 4.79 Å². The molecule has 2 aromatic heterocycles. The summed E-state index contributed by atoms with van der Waals surface area (Å²) >= 11 is 0. The summed E-state index contributed by atoms with van der Waals surface area (Å²) in [5, 5.41) is 7.08. The first-order valence-electron chi connectivity index (χ1n) is 9.57. The van der Waals surface area contributed by atoms with Crippen molar-refractivity contribution in [3.8, 4) is 5.75 Å². The Labute approximate surface area is 174 Å². The van der Waals surface area contributed by atoms with Crippen LogP contribution in [0.1, 0.15) is 16.1 Å². The zero-order valence-corrected chi connectivity index (χ0v) is 16.5. The maximum Gasteiger partial charge on any atom is 0.274 e. The Hall–Kier alpha value is -4.00. The molecule has 0 unspecified atom stereocenters. The number of carbonyl (C=O) groups is 1. The van der Waals surface area contributed by atoms with Crippen molar-refractivity contribution in [3.05, 3.63) is 84.4 Å². The SMILES string of the molecule is COc1ccc(CCNc2cc(C(=O)Nc3cccc4cccnc34)ncn2)cc1. The van der Waals surface area contributed by atoms with Gasteiger partial charge in [0.05, 0.1) is 18.3 Å². The van der Waals surface area contributed by atoms with Crippen molar-refractivity contribution in [2.45, 2.75) is 6.42 Å². The fraction of sp³-hybridized carbons (Fsp3) is 0.130. The minimum atomic E-state index is -0.311. The van der Waals surface area contributed by atoms with Gasteiger partial charge in [-0.3, -0.25) is 9.78 Å². The number of aromatic nitrogens is 3. The van der Waals surface area contributed by atoms with Crippen LogP contribution in [0.3, 0.4) is 0 Å². The van der Waals surface area contributed by atoms with Crippen LogP contribution in [0.4, 0.5) is 11.5 Å². The highest BCUT2D eigenvalue weighted by Gasteiger charge is 2.11.